The fourth-order valence-electron chi connectivity index (χ4n) is 2.05. The highest BCUT2D eigenvalue weighted by Gasteiger charge is 2.30. The highest BCUT2D eigenvalue weighted by Crippen LogP contribution is 2.21. The van der Waals surface area contributed by atoms with Crippen LogP contribution in [0.5, 0.6) is 0 Å². The van der Waals surface area contributed by atoms with Gasteiger partial charge in [-0.15, -0.1) is 0 Å². The third kappa shape index (κ3) is 3.19. The molecular weight excluding hydrogens is 278 g/mol. The molecule has 1 aliphatic heterocycles. The first-order valence-electron chi connectivity index (χ1n) is 6.31. The van der Waals surface area contributed by atoms with E-state index in [0.717, 1.165) is 0 Å². The van der Waals surface area contributed by atoms with Crippen LogP contribution in [-0.4, -0.2) is 50.7 Å². The van der Waals surface area contributed by atoms with E-state index < -0.39 is 10.0 Å². The van der Waals surface area contributed by atoms with Gasteiger partial charge in [0, 0.05) is 19.2 Å². The number of hydrogen-bond donors (Lipinski definition) is 1. The lowest BCUT2D eigenvalue weighted by atomic mass is 10.2. The van der Waals surface area contributed by atoms with Crippen LogP contribution >= 0.6 is 0 Å². The zero-order chi connectivity index (χ0) is 14.6. The van der Waals surface area contributed by atoms with Gasteiger partial charge in [0.15, 0.2) is 0 Å². The number of ether oxygens (including phenoxy) is 1. The van der Waals surface area contributed by atoms with E-state index in [4.69, 9.17) is 9.84 Å². The van der Waals surface area contributed by atoms with E-state index in [9.17, 15) is 8.42 Å². The number of aliphatic hydroxyl groups is 1. The van der Waals surface area contributed by atoms with Crippen LogP contribution in [0.3, 0.4) is 0 Å². The molecule has 1 atom stereocenters. The molecule has 20 heavy (non-hydrogen) atoms. The van der Waals surface area contributed by atoms with Crippen molar-refractivity contribution >= 4 is 10.0 Å². The molecule has 0 bridgehead atoms. The number of hydrogen-bond acceptors (Lipinski definition) is 4. The maximum absolute atomic E-state index is 12.5. The first kappa shape index (κ1) is 15.0. The van der Waals surface area contributed by atoms with Crippen molar-refractivity contribution in [3.8, 4) is 11.8 Å². The van der Waals surface area contributed by atoms with E-state index in [1.165, 1.54) is 10.4 Å². The van der Waals surface area contributed by atoms with Gasteiger partial charge in [0.2, 0.25) is 10.0 Å². The summed E-state index contributed by atoms with van der Waals surface area (Å²) in [7, 11) is -1.98. The lowest BCUT2D eigenvalue weighted by Gasteiger charge is -2.22. The first-order chi connectivity index (χ1) is 9.55. The third-order valence-electron chi connectivity index (χ3n) is 3.24. The van der Waals surface area contributed by atoms with Crippen LogP contribution in [0.2, 0.25) is 0 Å². The topological polar surface area (TPSA) is 66.8 Å². The fraction of sp³-hybridized carbons (Fsp3) is 0.429. The largest absolute Gasteiger partial charge is 0.384 e. The summed E-state index contributed by atoms with van der Waals surface area (Å²) in [5.74, 6) is 5.21. The van der Waals surface area contributed by atoms with Crippen LogP contribution in [0.1, 0.15) is 12.0 Å². The Kier molecular flexibility index (Phi) is 4.78. The lowest BCUT2D eigenvalue weighted by molar-refractivity contribution is 0.181. The van der Waals surface area contributed by atoms with Gasteiger partial charge in [-0.1, -0.05) is 17.9 Å². The molecule has 6 heteroatoms. The van der Waals surface area contributed by atoms with Gasteiger partial charge in [0.05, 0.1) is 17.5 Å². The minimum absolute atomic E-state index is 0.118. The predicted molar refractivity (Wildman–Crippen MR) is 74.6 cm³/mol. The monoisotopic (exact) mass is 295 g/mol. The minimum Gasteiger partial charge on any atom is -0.384 e. The van der Waals surface area contributed by atoms with E-state index in [-0.39, 0.29) is 17.5 Å². The van der Waals surface area contributed by atoms with E-state index in [2.05, 4.69) is 11.8 Å². The molecule has 0 saturated carbocycles. The summed E-state index contributed by atoms with van der Waals surface area (Å²) < 4.78 is 31.6. The molecule has 0 radical (unpaired) electrons. The molecule has 1 aromatic rings. The molecule has 0 aromatic heterocycles. The number of nitrogens with zero attached hydrogens (tertiary/aromatic N) is 1. The first-order valence-corrected chi connectivity index (χ1v) is 7.75. The molecule has 5 nitrogen and oxygen atoms in total. The van der Waals surface area contributed by atoms with E-state index in [0.29, 0.717) is 25.2 Å². The number of likely N-dealkylation sites (N-methyl/N-ethyl adjacent to an activating group) is 1. The second-order valence-electron chi connectivity index (χ2n) is 4.53. The van der Waals surface area contributed by atoms with Crippen LogP contribution in [0.15, 0.2) is 29.2 Å². The van der Waals surface area contributed by atoms with Gasteiger partial charge in [-0.25, -0.2) is 8.42 Å². The molecule has 1 saturated heterocycles. The fourth-order valence-corrected chi connectivity index (χ4v) is 3.47. The molecule has 1 heterocycles. The van der Waals surface area contributed by atoms with Crippen molar-refractivity contribution in [1.29, 1.82) is 0 Å². The molecule has 1 unspecified atom stereocenters. The Morgan fingerprint density at radius 2 is 2.30 bits per heavy atom. The lowest BCUT2D eigenvalue weighted by Crippen LogP contribution is -2.37. The smallest absolute Gasteiger partial charge is 0.243 e. The van der Waals surface area contributed by atoms with Crippen LogP contribution < -0.4 is 0 Å². The molecule has 2 rings (SSSR count). The number of benzene rings is 1. The number of aliphatic hydroxyl groups excluding tert-OH is 1. The summed E-state index contributed by atoms with van der Waals surface area (Å²) in [4.78, 5) is 0.205. The Balaban J connectivity index is 2.29. The van der Waals surface area contributed by atoms with Crippen molar-refractivity contribution in [2.75, 3.05) is 26.9 Å². The summed E-state index contributed by atoms with van der Waals surface area (Å²) in [6, 6.07) is 6.30. The Bertz CT molecular complexity index is 624. The van der Waals surface area contributed by atoms with Gasteiger partial charge in [-0.3, -0.25) is 0 Å². The second-order valence-corrected chi connectivity index (χ2v) is 6.52. The molecular formula is C14H17NO4S. The SMILES string of the molecule is CN(C1CCOC1)S(=O)(=O)c1cccc(C#CCO)c1. The molecule has 0 amide bonds. The molecule has 1 N–H and O–H groups in total. The summed E-state index contributed by atoms with van der Waals surface area (Å²) in [6.07, 6.45) is 0.708. The van der Waals surface area contributed by atoms with Crippen molar-refractivity contribution in [2.24, 2.45) is 0 Å². The Morgan fingerprint density at radius 3 is 2.95 bits per heavy atom. The van der Waals surface area contributed by atoms with Gasteiger partial charge in [-0.2, -0.15) is 4.31 Å². The van der Waals surface area contributed by atoms with Crippen molar-refractivity contribution in [3.63, 3.8) is 0 Å². The Hall–Kier alpha value is -1.39. The van der Waals surface area contributed by atoms with Crippen molar-refractivity contribution in [3.05, 3.63) is 29.8 Å². The zero-order valence-electron chi connectivity index (χ0n) is 11.2. The Morgan fingerprint density at radius 1 is 1.50 bits per heavy atom. The summed E-state index contributed by atoms with van der Waals surface area (Å²) in [5, 5.41) is 8.67. The van der Waals surface area contributed by atoms with Crippen molar-refractivity contribution < 1.29 is 18.3 Å². The van der Waals surface area contributed by atoms with Gasteiger partial charge >= 0.3 is 0 Å². The van der Waals surface area contributed by atoms with E-state index in [1.807, 2.05) is 0 Å². The Labute approximate surface area is 119 Å². The maximum Gasteiger partial charge on any atom is 0.243 e. The van der Waals surface area contributed by atoms with Gasteiger partial charge in [-0.05, 0) is 24.6 Å². The highest BCUT2D eigenvalue weighted by molar-refractivity contribution is 7.89. The van der Waals surface area contributed by atoms with Gasteiger partial charge < -0.3 is 9.84 Å². The van der Waals surface area contributed by atoms with E-state index in [1.54, 1.807) is 25.2 Å². The maximum atomic E-state index is 12.5. The molecule has 108 valence electrons. The van der Waals surface area contributed by atoms with Crippen molar-refractivity contribution in [1.82, 2.24) is 4.31 Å². The molecule has 0 aliphatic carbocycles. The quantitative estimate of drug-likeness (QED) is 0.822. The summed E-state index contributed by atoms with van der Waals surface area (Å²) in [6.45, 7) is 0.766. The van der Waals surface area contributed by atoms with Crippen molar-refractivity contribution in [2.45, 2.75) is 17.4 Å². The van der Waals surface area contributed by atoms with Gasteiger partial charge in [0.1, 0.15) is 6.61 Å². The standard InChI is InChI=1S/C14H17NO4S/c1-15(13-7-9-19-11-13)20(17,18)14-6-2-4-12(10-14)5-3-8-16/h2,4,6,10,13,16H,7-9,11H2,1H3. The highest BCUT2D eigenvalue weighted by atomic mass is 32.2. The zero-order valence-corrected chi connectivity index (χ0v) is 12.1. The summed E-state index contributed by atoms with van der Waals surface area (Å²) in [5.41, 5.74) is 0.566. The molecule has 0 spiro atoms. The molecule has 1 aliphatic rings. The predicted octanol–water partition coefficient (Wildman–Crippen LogP) is 0.440. The minimum atomic E-state index is -3.55. The number of sulfonamides is 1. The summed E-state index contributed by atoms with van der Waals surface area (Å²) >= 11 is 0. The van der Waals surface area contributed by atoms with Crippen LogP contribution in [0, 0.1) is 11.8 Å². The normalized spacial score (nSPS) is 18.9. The van der Waals surface area contributed by atoms with Gasteiger partial charge in [0.25, 0.3) is 0 Å². The molecule has 1 aromatic carbocycles. The number of rotatable bonds is 3. The van der Waals surface area contributed by atoms with E-state index >= 15 is 0 Å². The van der Waals surface area contributed by atoms with Crippen LogP contribution in [-0.2, 0) is 14.8 Å². The van der Waals surface area contributed by atoms with Crippen LogP contribution in [0.4, 0.5) is 0 Å². The second kappa shape index (κ2) is 6.37. The van der Waals surface area contributed by atoms with Crippen LogP contribution in [0.25, 0.3) is 0 Å². The third-order valence-corrected chi connectivity index (χ3v) is 5.15. The average Bonchev–Trinajstić information content (AvgIpc) is 2.98. The average molecular weight is 295 g/mol. The molecule has 1 fully saturated rings.